The van der Waals surface area contributed by atoms with E-state index in [0.717, 1.165) is 15.8 Å². The third kappa shape index (κ3) is 2.41. The van der Waals surface area contributed by atoms with Gasteiger partial charge in [-0.05, 0) is 48.0 Å². The van der Waals surface area contributed by atoms with Crippen LogP contribution in [0.5, 0.6) is 0 Å². The van der Waals surface area contributed by atoms with Crippen LogP contribution in [0.2, 0.25) is 0 Å². The summed E-state index contributed by atoms with van der Waals surface area (Å²) in [4.78, 5) is 0. The Morgan fingerprint density at radius 1 is 1.42 bits per heavy atom. The van der Waals surface area contributed by atoms with Crippen molar-refractivity contribution in [3.63, 3.8) is 0 Å². The molecule has 2 nitrogen and oxygen atoms in total. The molecule has 0 unspecified atom stereocenters. The van der Waals surface area contributed by atoms with Gasteiger partial charge in [0.1, 0.15) is 0 Å². The van der Waals surface area contributed by atoms with E-state index in [2.05, 4.69) is 35.1 Å². The Morgan fingerprint density at radius 3 is 2.58 bits per heavy atom. The summed E-state index contributed by atoms with van der Waals surface area (Å²) >= 11 is 3.43. The van der Waals surface area contributed by atoms with Crippen LogP contribution in [0.1, 0.15) is 13.8 Å². The maximum Gasteiger partial charge on any atom is 0.0488 e. The van der Waals surface area contributed by atoms with Gasteiger partial charge in [0, 0.05) is 21.9 Å². The van der Waals surface area contributed by atoms with Gasteiger partial charge < -0.3 is 11.1 Å². The minimum absolute atomic E-state index is 0.435. The number of nitrogens with one attached hydrogen (secondary N) is 1. The summed E-state index contributed by atoms with van der Waals surface area (Å²) in [7, 11) is 0. The first-order chi connectivity index (χ1) is 5.59. The molecule has 12 heavy (non-hydrogen) atoms. The van der Waals surface area contributed by atoms with Crippen molar-refractivity contribution < 1.29 is 0 Å². The predicted octanol–water partition coefficient (Wildman–Crippen LogP) is 2.85. The Kier molecular flexibility index (Phi) is 2.98. The molecule has 1 aromatic rings. The zero-order valence-corrected chi connectivity index (χ0v) is 8.85. The lowest BCUT2D eigenvalue weighted by molar-refractivity contribution is 0.898. The van der Waals surface area contributed by atoms with E-state index in [4.69, 9.17) is 5.73 Å². The van der Waals surface area contributed by atoms with E-state index < -0.39 is 0 Å². The Bertz CT molecular complexity index is 271. The van der Waals surface area contributed by atoms with Gasteiger partial charge in [-0.3, -0.25) is 0 Å². The van der Waals surface area contributed by atoms with Gasteiger partial charge in [0.2, 0.25) is 0 Å². The van der Waals surface area contributed by atoms with E-state index in [0.29, 0.717) is 6.04 Å². The van der Waals surface area contributed by atoms with Crippen molar-refractivity contribution in [2.45, 2.75) is 19.9 Å². The van der Waals surface area contributed by atoms with Gasteiger partial charge in [0.15, 0.2) is 0 Å². The molecule has 66 valence electrons. The molecule has 0 radical (unpaired) electrons. The molecule has 0 amide bonds. The first kappa shape index (κ1) is 9.39. The summed E-state index contributed by atoms with van der Waals surface area (Å²) in [6.07, 6.45) is 0. The number of nitrogen functional groups attached to an aromatic ring is 1. The highest BCUT2D eigenvalue weighted by Crippen LogP contribution is 2.24. The Labute approximate surface area is 81.3 Å². The number of hydrogen-bond acceptors (Lipinski definition) is 2. The smallest absolute Gasteiger partial charge is 0.0488 e. The molecule has 1 aromatic carbocycles. The zero-order valence-electron chi connectivity index (χ0n) is 7.26. The SMILES string of the molecule is CC(C)Nc1ccc(N)cc1Br. The first-order valence-corrected chi connectivity index (χ1v) is 4.70. The lowest BCUT2D eigenvalue weighted by Gasteiger charge is -2.11. The molecule has 3 N–H and O–H groups in total. The third-order valence-electron chi connectivity index (χ3n) is 1.44. The first-order valence-electron chi connectivity index (χ1n) is 3.91. The molecular formula is C9H13BrN2. The van der Waals surface area contributed by atoms with Crippen molar-refractivity contribution >= 4 is 27.3 Å². The normalized spacial score (nSPS) is 10.3. The molecular weight excluding hydrogens is 216 g/mol. The van der Waals surface area contributed by atoms with Crippen LogP contribution in [0.15, 0.2) is 22.7 Å². The second kappa shape index (κ2) is 3.81. The Balaban J connectivity index is 2.86. The summed E-state index contributed by atoms with van der Waals surface area (Å²) < 4.78 is 1.01. The van der Waals surface area contributed by atoms with Crippen LogP contribution in [0, 0.1) is 0 Å². The van der Waals surface area contributed by atoms with Crippen molar-refractivity contribution in [1.29, 1.82) is 0 Å². The van der Waals surface area contributed by atoms with Crippen LogP contribution in [-0.2, 0) is 0 Å². The van der Waals surface area contributed by atoms with Crippen LogP contribution in [-0.4, -0.2) is 6.04 Å². The fraction of sp³-hybridized carbons (Fsp3) is 0.333. The van der Waals surface area contributed by atoms with Crippen LogP contribution < -0.4 is 11.1 Å². The summed E-state index contributed by atoms with van der Waals surface area (Å²) in [5.41, 5.74) is 7.46. The number of halogens is 1. The van der Waals surface area contributed by atoms with E-state index in [1.54, 1.807) is 0 Å². The lowest BCUT2D eigenvalue weighted by Crippen LogP contribution is -2.09. The van der Waals surface area contributed by atoms with Crippen molar-refractivity contribution in [3.05, 3.63) is 22.7 Å². The highest BCUT2D eigenvalue weighted by molar-refractivity contribution is 9.10. The van der Waals surface area contributed by atoms with E-state index in [1.165, 1.54) is 0 Å². The molecule has 0 aliphatic heterocycles. The van der Waals surface area contributed by atoms with Crippen LogP contribution >= 0.6 is 15.9 Å². The third-order valence-corrected chi connectivity index (χ3v) is 2.09. The van der Waals surface area contributed by atoms with Gasteiger partial charge in [0.05, 0.1) is 0 Å². The molecule has 1 rings (SSSR count). The van der Waals surface area contributed by atoms with Gasteiger partial charge in [-0.1, -0.05) is 0 Å². The topological polar surface area (TPSA) is 38.0 Å². The molecule has 0 aliphatic carbocycles. The van der Waals surface area contributed by atoms with Crippen molar-refractivity contribution in [1.82, 2.24) is 0 Å². The molecule has 0 fully saturated rings. The zero-order chi connectivity index (χ0) is 9.14. The molecule has 0 saturated carbocycles. The number of nitrogens with two attached hydrogens (primary N) is 1. The van der Waals surface area contributed by atoms with Crippen LogP contribution in [0.25, 0.3) is 0 Å². The number of anilines is 2. The van der Waals surface area contributed by atoms with Crippen LogP contribution in [0.3, 0.4) is 0 Å². The number of rotatable bonds is 2. The van der Waals surface area contributed by atoms with Crippen molar-refractivity contribution in [3.8, 4) is 0 Å². The molecule has 0 aromatic heterocycles. The van der Waals surface area contributed by atoms with Gasteiger partial charge in [-0.2, -0.15) is 0 Å². The largest absolute Gasteiger partial charge is 0.399 e. The molecule has 3 heteroatoms. The van der Waals surface area contributed by atoms with E-state index in [1.807, 2.05) is 18.2 Å². The van der Waals surface area contributed by atoms with Crippen molar-refractivity contribution in [2.75, 3.05) is 11.1 Å². The molecule has 0 spiro atoms. The summed E-state index contributed by atoms with van der Waals surface area (Å²) in [5.74, 6) is 0. The molecule has 0 aliphatic rings. The molecule has 0 bridgehead atoms. The number of benzene rings is 1. The average molecular weight is 229 g/mol. The van der Waals surface area contributed by atoms with Crippen LogP contribution in [0.4, 0.5) is 11.4 Å². The fourth-order valence-corrected chi connectivity index (χ4v) is 1.47. The summed E-state index contributed by atoms with van der Waals surface area (Å²) in [6.45, 7) is 4.20. The summed E-state index contributed by atoms with van der Waals surface area (Å²) in [5, 5.41) is 3.30. The lowest BCUT2D eigenvalue weighted by atomic mass is 10.2. The van der Waals surface area contributed by atoms with Gasteiger partial charge in [0.25, 0.3) is 0 Å². The van der Waals surface area contributed by atoms with E-state index in [-0.39, 0.29) is 0 Å². The second-order valence-electron chi connectivity index (χ2n) is 3.04. The monoisotopic (exact) mass is 228 g/mol. The predicted molar refractivity (Wildman–Crippen MR) is 57.3 cm³/mol. The Morgan fingerprint density at radius 2 is 2.08 bits per heavy atom. The fourth-order valence-electron chi connectivity index (χ4n) is 0.959. The minimum Gasteiger partial charge on any atom is -0.399 e. The maximum absolute atomic E-state index is 5.60. The molecule has 0 saturated heterocycles. The number of hydrogen-bond donors (Lipinski definition) is 2. The van der Waals surface area contributed by atoms with Gasteiger partial charge in [-0.25, -0.2) is 0 Å². The average Bonchev–Trinajstić information content (AvgIpc) is 1.94. The quantitative estimate of drug-likeness (QED) is 0.765. The van der Waals surface area contributed by atoms with Gasteiger partial charge in [-0.15, -0.1) is 0 Å². The van der Waals surface area contributed by atoms with Crippen molar-refractivity contribution in [2.24, 2.45) is 0 Å². The highest BCUT2D eigenvalue weighted by atomic mass is 79.9. The van der Waals surface area contributed by atoms with Gasteiger partial charge >= 0.3 is 0 Å². The molecule has 0 atom stereocenters. The molecule has 0 heterocycles. The summed E-state index contributed by atoms with van der Waals surface area (Å²) in [6, 6.07) is 6.18. The van der Waals surface area contributed by atoms with E-state index >= 15 is 0 Å². The highest BCUT2D eigenvalue weighted by Gasteiger charge is 2.00. The minimum atomic E-state index is 0.435. The van der Waals surface area contributed by atoms with E-state index in [9.17, 15) is 0 Å². The Hall–Kier alpha value is -0.700. The standard InChI is InChI=1S/C9H13BrN2/c1-6(2)12-9-4-3-7(11)5-8(9)10/h3-6,12H,11H2,1-2H3. The maximum atomic E-state index is 5.60. The second-order valence-corrected chi connectivity index (χ2v) is 3.89.